The molecule has 3 aromatic rings. The van der Waals surface area contributed by atoms with Gasteiger partial charge in [0, 0.05) is 12.7 Å². The third-order valence-electron chi connectivity index (χ3n) is 7.91. The molecule has 2 aromatic carbocycles. The van der Waals surface area contributed by atoms with Crippen molar-refractivity contribution in [2.24, 2.45) is 5.41 Å². The van der Waals surface area contributed by atoms with E-state index in [1.54, 1.807) is 0 Å². The Kier molecular flexibility index (Phi) is 4.49. The second-order valence-electron chi connectivity index (χ2n) is 9.72. The molecule has 30 heavy (non-hydrogen) atoms. The maximum Gasteiger partial charge on any atom is 0.0550 e. The number of rotatable bonds is 3. The SMILES string of the molecule is c1ccc2c(c1)Cc1cc(-c3ccnc(CN4CCC5(CCCC5)CC4)c3)ccc1-2. The number of pyridine rings is 1. The molecule has 1 spiro atoms. The van der Waals surface area contributed by atoms with E-state index >= 15 is 0 Å². The molecule has 3 aliphatic rings. The Morgan fingerprint density at radius 1 is 0.767 bits per heavy atom. The lowest BCUT2D eigenvalue weighted by Gasteiger charge is -2.39. The summed E-state index contributed by atoms with van der Waals surface area (Å²) in [6.07, 6.45) is 11.7. The first-order valence-corrected chi connectivity index (χ1v) is 11.7. The smallest absolute Gasteiger partial charge is 0.0550 e. The first-order valence-electron chi connectivity index (χ1n) is 11.7. The minimum absolute atomic E-state index is 0.688. The predicted molar refractivity (Wildman–Crippen MR) is 123 cm³/mol. The maximum absolute atomic E-state index is 4.71. The first kappa shape index (κ1) is 18.3. The highest BCUT2D eigenvalue weighted by atomic mass is 15.1. The summed E-state index contributed by atoms with van der Waals surface area (Å²) in [4.78, 5) is 7.33. The van der Waals surface area contributed by atoms with Gasteiger partial charge in [0.05, 0.1) is 5.69 Å². The molecule has 2 aliphatic carbocycles. The summed E-state index contributed by atoms with van der Waals surface area (Å²) in [7, 11) is 0. The summed E-state index contributed by atoms with van der Waals surface area (Å²) in [6, 6.07) is 20.3. The number of likely N-dealkylation sites (tertiary alicyclic amines) is 1. The number of piperidine rings is 1. The second-order valence-corrected chi connectivity index (χ2v) is 9.72. The van der Waals surface area contributed by atoms with Gasteiger partial charge in [0.25, 0.3) is 0 Å². The van der Waals surface area contributed by atoms with Crippen LogP contribution in [0.2, 0.25) is 0 Å². The molecule has 152 valence electrons. The van der Waals surface area contributed by atoms with E-state index in [0.29, 0.717) is 5.41 Å². The number of aromatic nitrogens is 1. The van der Waals surface area contributed by atoms with Crippen molar-refractivity contribution < 1.29 is 0 Å². The highest BCUT2D eigenvalue weighted by Gasteiger charge is 2.36. The Hall–Kier alpha value is -2.45. The van der Waals surface area contributed by atoms with Crippen LogP contribution < -0.4 is 0 Å². The Morgan fingerprint density at radius 3 is 2.40 bits per heavy atom. The summed E-state index contributed by atoms with van der Waals surface area (Å²) in [6.45, 7) is 3.46. The number of benzene rings is 2. The molecule has 0 atom stereocenters. The van der Waals surface area contributed by atoms with Crippen LogP contribution in [-0.4, -0.2) is 23.0 Å². The fourth-order valence-electron chi connectivity index (χ4n) is 6.11. The molecule has 2 fully saturated rings. The third kappa shape index (κ3) is 3.28. The van der Waals surface area contributed by atoms with E-state index < -0.39 is 0 Å². The van der Waals surface area contributed by atoms with Crippen LogP contribution in [0.4, 0.5) is 0 Å². The molecule has 0 bridgehead atoms. The molecule has 0 unspecified atom stereocenters. The lowest BCUT2D eigenvalue weighted by Crippen LogP contribution is -2.38. The quantitative estimate of drug-likeness (QED) is 0.395. The van der Waals surface area contributed by atoms with Gasteiger partial charge in [-0.2, -0.15) is 0 Å². The van der Waals surface area contributed by atoms with E-state index in [9.17, 15) is 0 Å². The second kappa shape index (κ2) is 7.35. The summed E-state index contributed by atoms with van der Waals surface area (Å²) < 4.78 is 0. The molecule has 0 N–H and O–H groups in total. The van der Waals surface area contributed by atoms with Crippen molar-refractivity contribution in [3.8, 4) is 22.3 Å². The Labute approximate surface area is 180 Å². The molecule has 1 aromatic heterocycles. The normalized spacial score (nSPS) is 19.7. The van der Waals surface area contributed by atoms with Crippen LogP contribution in [0.5, 0.6) is 0 Å². The summed E-state index contributed by atoms with van der Waals surface area (Å²) in [5, 5.41) is 0. The monoisotopic (exact) mass is 394 g/mol. The number of fused-ring (bicyclic) bond motifs is 3. The number of hydrogen-bond donors (Lipinski definition) is 0. The summed E-state index contributed by atoms with van der Waals surface area (Å²) in [5.41, 5.74) is 10.2. The van der Waals surface area contributed by atoms with Crippen LogP contribution in [-0.2, 0) is 13.0 Å². The van der Waals surface area contributed by atoms with Gasteiger partial charge in [-0.05, 0) is 96.1 Å². The van der Waals surface area contributed by atoms with Crippen molar-refractivity contribution >= 4 is 0 Å². The Balaban J connectivity index is 1.19. The first-order chi connectivity index (χ1) is 14.8. The van der Waals surface area contributed by atoms with Crippen LogP contribution in [0.1, 0.15) is 55.3 Å². The largest absolute Gasteiger partial charge is 0.297 e. The molecule has 1 saturated carbocycles. The van der Waals surface area contributed by atoms with Gasteiger partial charge < -0.3 is 0 Å². The van der Waals surface area contributed by atoms with Gasteiger partial charge in [-0.25, -0.2) is 0 Å². The molecule has 6 rings (SSSR count). The van der Waals surface area contributed by atoms with E-state index in [-0.39, 0.29) is 0 Å². The summed E-state index contributed by atoms with van der Waals surface area (Å²) >= 11 is 0. The van der Waals surface area contributed by atoms with E-state index in [4.69, 9.17) is 4.98 Å². The van der Waals surface area contributed by atoms with E-state index in [1.165, 1.54) is 90.7 Å². The average molecular weight is 395 g/mol. The van der Waals surface area contributed by atoms with Crippen LogP contribution in [0.15, 0.2) is 60.8 Å². The minimum Gasteiger partial charge on any atom is -0.297 e. The van der Waals surface area contributed by atoms with E-state index in [1.807, 2.05) is 6.20 Å². The van der Waals surface area contributed by atoms with Crippen LogP contribution >= 0.6 is 0 Å². The van der Waals surface area contributed by atoms with Crippen molar-refractivity contribution in [2.75, 3.05) is 13.1 Å². The van der Waals surface area contributed by atoms with E-state index in [2.05, 4.69) is 59.5 Å². The van der Waals surface area contributed by atoms with Gasteiger partial charge in [-0.15, -0.1) is 0 Å². The van der Waals surface area contributed by atoms with E-state index in [0.717, 1.165) is 13.0 Å². The highest BCUT2D eigenvalue weighted by molar-refractivity contribution is 5.80. The van der Waals surface area contributed by atoms with Gasteiger partial charge in [0.1, 0.15) is 0 Å². The predicted octanol–water partition coefficient (Wildman–Crippen LogP) is 6.48. The van der Waals surface area contributed by atoms with Crippen molar-refractivity contribution in [1.82, 2.24) is 9.88 Å². The lowest BCUT2D eigenvalue weighted by molar-refractivity contribution is 0.103. The van der Waals surface area contributed by atoms with Gasteiger partial charge in [0.2, 0.25) is 0 Å². The number of hydrogen-bond acceptors (Lipinski definition) is 2. The van der Waals surface area contributed by atoms with Gasteiger partial charge in [-0.1, -0.05) is 55.3 Å². The molecule has 1 aliphatic heterocycles. The van der Waals surface area contributed by atoms with Gasteiger partial charge in [0.15, 0.2) is 0 Å². The third-order valence-corrected chi connectivity index (χ3v) is 7.91. The molecular weight excluding hydrogens is 364 g/mol. The van der Waals surface area contributed by atoms with Crippen molar-refractivity contribution in [1.29, 1.82) is 0 Å². The highest BCUT2D eigenvalue weighted by Crippen LogP contribution is 2.46. The minimum atomic E-state index is 0.688. The Morgan fingerprint density at radius 2 is 1.53 bits per heavy atom. The average Bonchev–Trinajstić information content (AvgIpc) is 3.40. The number of nitrogens with zero attached hydrogens (tertiary/aromatic N) is 2. The van der Waals surface area contributed by atoms with Crippen LogP contribution in [0, 0.1) is 5.41 Å². The van der Waals surface area contributed by atoms with Crippen molar-refractivity contribution in [2.45, 2.75) is 51.5 Å². The van der Waals surface area contributed by atoms with Gasteiger partial charge in [-0.3, -0.25) is 9.88 Å². The zero-order valence-electron chi connectivity index (χ0n) is 17.7. The lowest BCUT2D eigenvalue weighted by atomic mass is 9.77. The molecule has 1 saturated heterocycles. The van der Waals surface area contributed by atoms with Crippen molar-refractivity contribution in [3.63, 3.8) is 0 Å². The molecule has 0 amide bonds. The zero-order valence-corrected chi connectivity index (χ0v) is 17.7. The van der Waals surface area contributed by atoms with Crippen LogP contribution in [0.3, 0.4) is 0 Å². The summed E-state index contributed by atoms with van der Waals surface area (Å²) in [5.74, 6) is 0. The van der Waals surface area contributed by atoms with Gasteiger partial charge >= 0.3 is 0 Å². The Bertz CT molecular complexity index is 1070. The molecule has 2 heterocycles. The topological polar surface area (TPSA) is 16.1 Å². The fraction of sp³-hybridized carbons (Fsp3) is 0.393. The molecular formula is C28H30N2. The van der Waals surface area contributed by atoms with Crippen LogP contribution in [0.25, 0.3) is 22.3 Å². The van der Waals surface area contributed by atoms with Crippen molar-refractivity contribution in [3.05, 3.63) is 77.6 Å². The maximum atomic E-state index is 4.71. The standard InChI is InChI=1S/C28H30N2/c1-2-6-26-23(5-1)18-24-17-21(7-8-27(24)26)22-9-14-29-25(19-22)20-30-15-12-28(13-16-30)10-3-4-11-28/h1-2,5-9,14,17,19H,3-4,10-13,15-16,18,20H2. The fourth-order valence-corrected chi connectivity index (χ4v) is 6.11. The molecule has 0 radical (unpaired) electrons. The molecule has 2 heteroatoms. The molecule has 2 nitrogen and oxygen atoms in total. The zero-order chi connectivity index (χ0) is 20.0.